The second-order valence-corrected chi connectivity index (χ2v) is 11.0. The summed E-state index contributed by atoms with van der Waals surface area (Å²) in [6.07, 6.45) is 1.39. The molecular weight excluding hydrogens is 490 g/mol. The van der Waals surface area contributed by atoms with Crippen molar-refractivity contribution in [3.05, 3.63) is 95.6 Å². The summed E-state index contributed by atoms with van der Waals surface area (Å²) in [6, 6.07) is 20.8. The number of piperidine rings is 1. The minimum absolute atomic E-state index is 0.0367. The number of benzene rings is 3. The smallest absolute Gasteiger partial charge is 0.269 e. The van der Waals surface area contributed by atoms with Crippen LogP contribution in [0.3, 0.4) is 0 Å². The van der Waals surface area contributed by atoms with Gasteiger partial charge in [0.15, 0.2) is 0 Å². The number of aliphatic hydroxyl groups is 1. The molecular formula is C28H27N3O5S. The third-order valence-corrected chi connectivity index (χ3v) is 8.27. The Hall–Kier alpha value is -3.79. The predicted molar refractivity (Wildman–Crippen MR) is 141 cm³/mol. The molecule has 1 fully saturated rings. The highest BCUT2D eigenvalue weighted by molar-refractivity contribution is 7.89. The quantitative estimate of drug-likeness (QED) is 0.304. The topological polar surface area (TPSA) is 107 Å². The van der Waals surface area contributed by atoms with Crippen LogP contribution in [0.2, 0.25) is 0 Å². The monoisotopic (exact) mass is 517 g/mol. The van der Waals surface area contributed by atoms with Crippen LogP contribution in [0.25, 0.3) is 11.3 Å². The highest BCUT2D eigenvalue weighted by Gasteiger charge is 2.40. The van der Waals surface area contributed by atoms with Gasteiger partial charge in [0.2, 0.25) is 10.0 Å². The van der Waals surface area contributed by atoms with E-state index in [1.165, 1.54) is 18.2 Å². The van der Waals surface area contributed by atoms with E-state index in [1.807, 2.05) is 7.05 Å². The van der Waals surface area contributed by atoms with Crippen molar-refractivity contribution in [2.45, 2.75) is 23.8 Å². The standard InChI is InChI=1S/C28H27N3O5S/c1-30-16-14-21(15-17-30)29-37(35,36)22-12-13-24-23(18-22)25(26(32)19-8-4-2-5-9-19)28(34)31(24)27(33)20-10-6-3-7-11-20/h2-13,18,21,29,32H,14-17H2,1H3/b26-25-. The third-order valence-electron chi connectivity index (χ3n) is 6.75. The first kappa shape index (κ1) is 24.9. The van der Waals surface area contributed by atoms with E-state index in [2.05, 4.69) is 9.62 Å². The average Bonchev–Trinajstić information content (AvgIpc) is 3.21. The van der Waals surface area contributed by atoms with Crippen molar-refractivity contribution >= 4 is 38.9 Å². The van der Waals surface area contributed by atoms with Gasteiger partial charge in [0.25, 0.3) is 11.8 Å². The van der Waals surface area contributed by atoms with Crippen LogP contribution in [0, 0.1) is 0 Å². The number of aliphatic hydroxyl groups excluding tert-OH is 1. The molecule has 0 spiro atoms. The SMILES string of the molecule is CN1CCC(NS(=O)(=O)c2ccc3c(c2)/C(=C(/O)c2ccccc2)C(=O)N3C(=O)c2ccccc2)CC1. The zero-order valence-corrected chi connectivity index (χ0v) is 21.1. The van der Waals surface area contributed by atoms with E-state index in [-0.39, 0.29) is 33.5 Å². The van der Waals surface area contributed by atoms with Crippen molar-refractivity contribution < 1.29 is 23.1 Å². The number of nitrogens with zero attached hydrogens (tertiary/aromatic N) is 2. The lowest BCUT2D eigenvalue weighted by atomic mass is 10.0. The summed E-state index contributed by atoms with van der Waals surface area (Å²) in [4.78, 5) is 30.1. The van der Waals surface area contributed by atoms with E-state index in [9.17, 15) is 23.1 Å². The number of carbonyl (C=O) groups excluding carboxylic acids is 2. The number of carbonyl (C=O) groups is 2. The number of amides is 2. The van der Waals surface area contributed by atoms with Crippen LogP contribution < -0.4 is 9.62 Å². The molecule has 0 radical (unpaired) electrons. The minimum Gasteiger partial charge on any atom is -0.506 e. The fraction of sp³-hybridized carbons (Fsp3) is 0.214. The largest absolute Gasteiger partial charge is 0.506 e. The van der Waals surface area contributed by atoms with Crippen LogP contribution in [-0.2, 0) is 14.8 Å². The summed E-state index contributed by atoms with van der Waals surface area (Å²) in [7, 11) is -1.91. The molecule has 5 rings (SSSR count). The van der Waals surface area contributed by atoms with Gasteiger partial charge in [0.05, 0.1) is 16.2 Å². The molecule has 190 valence electrons. The van der Waals surface area contributed by atoms with Crippen LogP contribution in [0.4, 0.5) is 5.69 Å². The van der Waals surface area contributed by atoms with Crippen molar-refractivity contribution in [1.82, 2.24) is 9.62 Å². The summed E-state index contributed by atoms with van der Waals surface area (Å²) >= 11 is 0. The first-order chi connectivity index (χ1) is 17.8. The number of rotatable bonds is 5. The number of hydrogen-bond donors (Lipinski definition) is 2. The summed E-state index contributed by atoms with van der Waals surface area (Å²) in [5.74, 6) is -1.61. The zero-order valence-electron chi connectivity index (χ0n) is 20.3. The Morgan fingerprint density at radius 3 is 2.14 bits per heavy atom. The molecule has 9 heteroatoms. The molecule has 0 aliphatic carbocycles. The molecule has 0 saturated carbocycles. The van der Waals surface area contributed by atoms with E-state index in [4.69, 9.17) is 0 Å². The highest BCUT2D eigenvalue weighted by atomic mass is 32.2. The Kier molecular flexibility index (Phi) is 6.68. The maximum absolute atomic E-state index is 13.6. The molecule has 0 aromatic heterocycles. The highest BCUT2D eigenvalue weighted by Crippen LogP contribution is 2.42. The van der Waals surface area contributed by atoms with Crippen molar-refractivity contribution in [1.29, 1.82) is 0 Å². The third kappa shape index (κ3) is 4.81. The molecule has 0 unspecified atom stereocenters. The normalized spacial score (nSPS) is 18.1. The first-order valence-corrected chi connectivity index (χ1v) is 13.5. The van der Waals surface area contributed by atoms with Gasteiger partial charge in [-0.2, -0.15) is 0 Å². The van der Waals surface area contributed by atoms with E-state index >= 15 is 0 Å². The summed E-state index contributed by atoms with van der Waals surface area (Å²) in [5.41, 5.74) is 0.949. The number of sulfonamides is 1. The number of nitrogens with one attached hydrogen (secondary N) is 1. The number of likely N-dealkylation sites (tertiary alicyclic amines) is 1. The van der Waals surface area contributed by atoms with Crippen LogP contribution in [-0.4, -0.2) is 56.4 Å². The van der Waals surface area contributed by atoms with Crippen LogP contribution >= 0.6 is 0 Å². The second-order valence-electron chi connectivity index (χ2n) is 9.28. The zero-order chi connectivity index (χ0) is 26.2. The average molecular weight is 518 g/mol. The van der Waals surface area contributed by atoms with Gasteiger partial charge in [-0.15, -0.1) is 0 Å². The molecule has 2 N–H and O–H groups in total. The molecule has 3 aromatic carbocycles. The molecule has 2 amide bonds. The van der Waals surface area contributed by atoms with Crippen molar-refractivity contribution in [3.8, 4) is 0 Å². The molecule has 8 nitrogen and oxygen atoms in total. The molecule has 2 aliphatic rings. The van der Waals surface area contributed by atoms with Crippen molar-refractivity contribution in [2.75, 3.05) is 25.0 Å². The van der Waals surface area contributed by atoms with Gasteiger partial charge in [-0.3, -0.25) is 9.59 Å². The van der Waals surface area contributed by atoms with Gasteiger partial charge in [-0.1, -0.05) is 48.5 Å². The van der Waals surface area contributed by atoms with E-state index in [1.54, 1.807) is 60.7 Å². The van der Waals surface area contributed by atoms with Gasteiger partial charge in [-0.25, -0.2) is 18.0 Å². The maximum Gasteiger partial charge on any atom is 0.269 e. The van der Waals surface area contributed by atoms with Gasteiger partial charge >= 0.3 is 0 Å². The summed E-state index contributed by atoms with van der Waals surface area (Å²) in [5, 5.41) is 11.1. The van der Waals surface area contributed by atoms with Gasteiger partial charge in [0.1, 0.15) is 5.76 Å². The lowest BCUT2D eigenvalue weighted by Gasteiger charge is -2.29. The second kappa shape index (κ2) is 9.93. The Balaban J connectivity index is 1.59. The van der Waals surface area contributed by atoms with E-state index in [0.29, 0.717) is 24.0 Å². The number of hydrogen-bond acceptors (Lipinski definition) is 6. The lowest BCUT2D eigenvalue weighted by molar-refractivity contribution is -0.112. The van der Waals surface area contributed by atoms with Crippen molar-refractivity contribution in [3.63, 3.8) is 0 Å². The maximum atomic E-state index is 13.6. The Morgan fingerprint density at radius 1 is 0.919 bits per heavy atom. The summed E-state index contributed by atoms with van der Waals surface area (Å²) in [6.45, 7) is 1.58. The van der Waals surface area contributed by atoms with Crippen LogP contribution in [0.5, 0.6) is 0 Å². The summed E-state index contributed by atoms with van der Waals surface area (Å²) < 4.78 is 29.3. The number of fused-ring (bicyclic) bond motifs is 1. The predicted octanol–water partition coefficient (Wildman–Crippen LogP) is 3.67. The molecule has 0 atom stereocenters. The molecule has 3 aromatic rings. The van der Waals surface area contributed by atoms with Gasteiger partial charge < -0.3 is 10.0 Å². The van der Waals surface area contributed by atoms with Crippen LogP contribution in [0.1, 0.15) is 34.3 Å². The van der Waals surface area contributed by atoms with E-state index in [0.717, 1.165) is 18.0 Å². The fourth-order valence-corrected chi connectivity index (χ4v) is 6.04. The Bertz CT molecular complexity index is 1480. The van der Waals surface area contributed by atoms with Gasteiger partial charge in [-0.05, 0) is 63.3 Å². The van der Waals surface area contributed by atoms with Crippen LogP contribution in [0.15, 0.2) is 83.8 Å². The Labute approximate surface area is 215 Å². The minimum atomic E-state index is -3.91. The fourth-order valence-electron chi connectivity index (χ4n) is 4.71. The van der Waals surface area contributed by atoms with Crippen molar-refractivity contribution in [2.24, 2.45) is 0 Å². The van der Waals surface area contributed by atoms with E-state index < -0.39 is 21.8 Å². The molecule has 37 heavy (non-hydrogen) atoms. The van der Waals surface area contributed by atoms with Gasteiger partial charge in [0, 0.05) is 22.7 Å². The number of anilines is 1. The number of imide groups is 1. The lowest BCUT2D eigenvalue weighted by Crippen LogP contribution is -2.43. The molecule has 2 aliphatic heterocycles. The molecule has 0 bridgehead atoms. The molecule has 2 heterocycles. The first-order valence-electron chi connectivity index (χ1n) is 12.0. The Morgan fingerprint density at radius 2 is 1.51 bits per heavy atom. The molecule has 1 saturated heterocycles.